The van der Waals surface area contributed by atoms with Crippen LogP contribution in [0, 0.1) is 5.92 Å². The molecule has 0 unspecified atom stereocenters. The maximum absolute atomic E-state index is 6.34. The van der Waals surface area contributed by atoms with Crippen LogP contribution >= 0.6 is 11.6 Å². The molecule has 1 N–H and O–H groups in total. The first-order valence-electron chi connectivity index (χ1n) is 6.89. The summed E-state index contributed by atoms with van der Waals surface area (Å²) in [4.78, 5) is 6.68. The van der Waals surface area contributed by atoms with E-state index in [2.05, 4.69) is 21.3 Å². The lowest BCUT2D eigenvalue weighted by atomic mass is 9.99. The highest BCUT2D eigenvalue weighted by Crippen LogP contribution is 2.41. The molecular weight excluding hydrogens is 246 g/mol. The van der Waals surface area contributed by atoms with Gasteiger partial charge in [0.1, 0.15) is 0 Å². The molecule has 1 aliphatic carbocycles. The molecule has 2 heterocycles. The van der Waals surface area contributed by atoms with Crippen molar-refractivity contribution in [1.82, 2.24) is 15.2 Å². The summed E-state index contributed by atoms with van der Waals surface area (Å²) < 4.78 is 0. The molecule has 0 amide bonds. The van der Waals surface area contributed by atoms with Gasteiger partial charge in [-0.15, -0.1) is 0 Å². The summed E-state index contributed by atoms with van der Waals surface area (Å²) in [6, 6.07) is 2.58. The van der Waals surface area contributed by atoms with Crippen molar-refractivity contribution in [2.45, 2.75) is 25.3 Å². The molecular formula is C14H20ClN3. The molecule has 1 saturated carbocycles. The van der Waals surface area contributed by atoms with Crippen LogP contribution in [0.25, 0.3) is 0 Å². The largest absolute Gasteiger partial charge is 0.314 e. The molecule has 1 atom stereocenters. The van der Waals surface area contributed by atoms with Crippen molar-refractivity contribution in [3.63, 3.8) is 0 Å². The van der Waals surface area contributed by atoms with Crippen molar-refractivity contribution in [3.05, 3.63) is 29.0 Å². The first-order valence-corrected chi connectivity index (χ1v) is 7.26. The molecule has 0 aromatic carbocycles. The van der Waals surface area contributed by atoms with Crippen LogP contribution in [-0.2, 0) is 0 Å². The van der Waals surface area contributed by atoms with Crippen LogP contribution < -0.4 is 5.32 Å². The first-order chi connectivity index (χ1) is 8.84. The van der Waals surface area contributed by atoms with Crippen LogP contribution in [0.3, 0.4) is 0 Å². The number of hydrogen-bond donors (Lipinski definition) is 1. The van der Waals surface area contributed by atoms with Gasteiger partial charge < -0.3 is 5.32 Å². The third-order valence-electron chi connectivity index (χ3n) is 4.01. The van der Waals surface area contributed by atoms with Gasteiger partial charge >= 0.3 is 0 Å². The lowest BCUT2D eigenvalue weighted by Crippen LogP contribution is -2.45. The maximum atomic E-state index is 6.34. The lowest BCUT2D eigenvalue weighted by molar-refractivity contribution is 0.160. The van der Waals surface area contributed by atoms with E-state index in [-0.39, 0.29) is 0 Å². The highest BCUT2D eigenvalue weighted by molar-refractivity contribution is 6.31. The van der Waals surface area contributed by atoms with E-state index in [0.29, 0.717) is 6.04 Å². The van der Waals surface area contributed by atoms with E-state index >= 15 is 0 Å². The Morgan fingerprint density at radius 2 is 2.17 bits per heavy atom. The zero-order valence-corrected chi connectivity index (χ0v) is 11.4. The quantitative estimate of drug-likeness (QED) is 0.907. The van der Waals surface area contributed by atoms with Gasteiger partial charge in [0.2, 0.25) is 0 Å². The molecule has 3 nitrogen and oxygen atoms in total. The number of rotatable bonds is 4. The van der Waals surface area contributed by atoms with Crippen LogP contribution in [0.4, 0.5) is 0 Å². The molecule has 2 fully saturated rings. The molecule has 18 heavy (non-hydrogen) atoms. The normalized spacial score (nSPS) is 22.9. The smallest absolute Gasteiger partial charge is 0.0637 e. The van der Waals surface area contributed by atoms with Crippen molar-refractivity contribution in [2.75, 3.05) is 26.2 Å². The Balaban J connectivity index is 1.81. The predicted octanol–water partition coefficient (Wildman–Crippen LogP) is 2.48. The lowest BCUT2D eigenvalue weighted by Gasteiger charge is -2.35. The first kappa shape index (κ1) is 12.4. The fourth-order valence-corrected chi connectivity index (χ4v) is 3.04. The van der Waals surface area contributed by atoms with Crippen molar-refractivity contribution in [2.24, 2.45) is 5.92 Å². The number of piperazine rings is 1. The van der Waals surface area contributed by atoms with Crippen molar-refractivity contribution < 1.29 is 0 Å². The van der Waals surface area contributed by atoms with Crippen molar-refractivity contribution in [1.29, 1.82) is 0 Å². The average molecular weight is 266 g/mol. The summed E-state index contributed by atoms with van der Waals surface area (Å²) in [5.41, 5.74) is 1.26. The molecule has 1 aromatic heterocycles. The summed E-state index contributed by atoms with van der Waals surface area (Å²) in [6.07, 6.45) is 7.68. The topological polar surface area (TPSA) is 28.2 Å². The van der Waals surface area contributed by atoms with E-state index < -0.39 is 0 Å². The molecule has 1 saturated heterocycles. The molecule has 4 heteroatoms. The van der Waals surface area contributed by atoms with Gasteiger partial charge in [-0.2, -0.15) is 0 Å². The molecule has 0 radical (unpaired) electrons. The standard InChI is InChI=1S/C14H20ClN3/c15-13-10-17-4-3-12(13)14(9-11-1-2-11)18-7-5-16-6-8-18/h3-4,10-11,14,16H,1-2,5-9H2/t14-/m0/s1. The second-order valence-corrected chi connectivity index (χ2v) is 5.79. The Labute approximate surface area is 114 Å². The number of hydrogen-bond acceptors (Lipinski definition) is 3. The van der Waals surface area contributed by atoms with Gasteiger partial charge in [-0.3, -0.25) is 9.88 Å². The van der Waals surface area contributed by atoms with Gasteiger partial charge in [-0.05, 0) is 24.0 Å². The second-order valence-electron chi connectivity index (χ2n) is 5.38. The molecule has 3 rings (SSSR count). The molecule has 1 aromatic rings. The zero-order valence-electron chi connectivity index (χ0n) is 10.6. The Bertz CT molecular complexity index is 400. The number of nitrogens with one attached hydrogen (secondary N) is 1. The minimum Gasteiger partial charge on any atom is -0.314 e. The van der Waals surface area contributed by atoms with Crippen LogP contribution in [-0.4, -0.2) is 36.1 Å². The number of pyridine rings is 1. The maximum Gasteiger partial charge on any atom is 0.0637 e. The van der Waals surface area contributed by atoms with Gasteiger partial charge in [0.05, 0.1) is 5.02 Å². The number of halogens is 1. The van der Waals surface area contributed by atoms with E-state index in [1.807, 2.05) is 6.20 Å². The van der Waals surface area contributed by atoms with Crippen LogP contribution in [0.5, 0.6) is 0 Å². The summed E-state index contributed by atoms with van der Waals surface area (Å²) in [5, 5.41) is 4.24. The van der Waals surface area contributed by atoms with Gasteiger partial charge in [0, 0.05) is 44.6 Å². The van der Waals surface area contributed by atoms with E-state index in [1.165, 1.54) is 24.8 Å². The minimum absolute atomic E-state index is 0.482. The zero-order chi connectivity index (χ0) is 12.4. The van der Waals surface area contributed by atoms with Gasteiger partial charge in [-0.1, -0.05) is 24.4 Å². The Hall–Kier alpha value is -0.640. The van der Waals surface area contributed by atoms with E-state index in [9.17, 15) is 0 Å². The van der Waals surface area contributed by atoms with Gasteiger partial charge in [0.25, 0.3) is 0 Å². The fourth-order valence-electron chi connectivity index (χ4n) is 2.79. The van der Waals surface area contributed by atoms with E-state index in [0.717, 1.165) is 37.1 Å². The Morgan fingerprint density at radius 3 is 2.83 bits per heavy atom. The number of nitrogens with zero attached hydrogens (tertiary/aromatic N) is 2. The second kappa shape index (κ2) is 5.55. The Kier molecular flexibility index (Phi) is 3.83. The Morgan fingerprint density at radius 1 is 1.39 bits per heavy atom. The highest BCUT2D eigenvalue weighted by atomic mass is 35.5. The van der Waals surface area contributed by atoms with Crippen LogP contribution in [0.1, 0.15) is 30.9 Å². The molecule has 1 aliphatic heterocycles. The van der Waals surface area contributed by atoms with Gasteiger partial charge in [0.15, 0.2) is 0 Å². The third-order valence-corrected chi connectivity index (χ3v) is 4.32. The summed E-state index contributed by atoms with van der Waals surface area (Å²) in [7, 11) is 0. The highest BCUT2D eigenvalue weighted by Gasteiger charge is 2.31. The number of aromatic nitrogens is 1. The summed E-state index contributed by atoms with van der Waals surface area (Å²) in [6.45, 7) is 4.42. The third kappa shape index (κ3) is 2.85. The SMILES string of the molecule is Clc1cnccc1[C@H](CC1CC1)N1CCNCC1. The van der Waals surface area contributed by atoms with E-state index in [4.69, 9.17) is 11.6 Å². The molecule has 98 valence electrons. The molecule has 0 spiro atoms. The molecule has 0 bridgehead atoms. The molecule has 2 aliphatic rings. The minimum atomic E-state index is 0.482. The fraction of sp³-hybridized carbons (Fsp3) is 0.643. The van der Waals surface area contributed by atoms with Crippen molar-refractivity contribution in [3.8, 4) is 0 Å². The monoisotopic (exact) mass is 265 g/mol. The van der Waals surface area contributed by atoms with Gasteiger partial charge in [-0.25, -0.2) is 0 Å². The average Bonchev–Trinajstić information content (AvgIpc) is 3.22. The predicted molar refractivity (Wildman–Crippen MR) is 73.8 cm³/mol. The summed E-state index contributed by atoms with van der Waals surface area (Å²) in [5.74, 6) is 0.911. The van der Waals surface area contributed by atoms with E-state index in [1.54, 1.807) is 6.20 Å². The summed E-state index contributed by atoms with van der Waals surface area (Å²) >= 11 is 6.34. The van der Waals surface area contributed by atoms with Crippen molar-refractivity contribution >= 4 is 11.6 Å². The van der Waals surface area contributed by atoms with Crippen LogP contribution in [0.2, 0.25) is 5.02 Å². The van der Waals surface area contributed by atoms with Crippen LogP contribution in [0.15, 0.2) is 18.5 Å².